The number of carbonyl (C=O) groups is 1. The van der Waals surface area contributed by atoms with Gasteiger partial charge in [-0.1, -0.05) is 0 Å². The van der Waals surface area contributed by atoms with Gasteiger partial charge in [-0.25, -0.2) is 12.7 Å². The highest BCUT2D eigenvalue weighted by Crippen LogP contribution is 2.25. The molecule has 3 heterocycles. The van der Waals surface area contributed by atoms with E-state index in [-0.39, 0.29) is 23.5 Å². The largest absolute Gasteiger partial charge is 0.486 e. The average molecular weight is 383 g/mol. The van der Waals surface area contributed by atoms with Gasteiger partial charge in [-0.3, -0.25) is 9.59 Å². The van der Waals surface area contributed by atoms with Crippen LogP contribution >= 0.6 is 0 Å². The van der Waals surface area contributed by atoms with Crippen molar-refractivity contribution < 1.29 is 17.9 Å². The van der Waals surface area contributed by atoms with Gasteiger partial charge in [-0.2, -0.15) is 0 Å². The molecule has 0 atom stereocenters. The monoisotopic (exact) mass is 383 g/mol. The van der Waals surface area contributed by atoms with Crippen molar-refractivity contribution in [2.45, 2.75) is 25.9 Å². The predicted molar refractivity (Wildman–Crippen MR) is 96.6 cm³/mol. The quantitative estimate of drug-likeness (QED) is 0.728. The first-order chi connectivity index (χ1) is 12.1. The van der Waals surface area contributed by atoms with Crippen molar-refractivity contribution in [3.63, 3.8) is 0 Å². The molecule has 8 nitrogen and oxygen atoms in total. The molecule has 26 heavy (non-hydrogen) atoms. The molecule has 144 valence electrons. The Hall–Kier alpha value is -1.87. The zero-order valence-electron chi connectivity index (χ0n) is 15.3. The number of pyridine rings is 1. The molecule has 0 bridgehead atoms. The second-order valence-corrected chi connectivity index (χ2v) is 9.13. The van der Waals surface area contributed by atoms with Crippen molar-refractivity contribution in [1.82, 2.24) is 13.8 Å². The van der Waals surface area contributed by atoms with Crippen LogP contribution in [0.1, 0.15) is 18.5 Å². The lowest BCUT2D eigenvalue weighted by Gasteiger charge is -2.42. The molecule has 2 aliphatic rings. The van der Waals surface area contributed by atoms with Crippen LogP contribution in [0.15, 0.2) is 16.9 Å². The van der Waals surface area contributed by atoms with Gasteiger partial charge in [0.25, 0.3) is 5.56 Å². The van der Waals surface area contributed by atoms with Crippen LogP contribution in [0, 0.1) is 12.8 Å². The van der Waals surface area contributed by atoms with E-state index >= 15 is 0 Å². The number of piperidine rings is 1. The smallest absolute Gasteiger partial charge is 0.254 e. The van der Waals surface area contributed by atoms with Gasteiger partial charge >= 0.3 is 0 Å². The molecule has 2 aliphatic heterocycles. The molecule has 2 fully saturated rings. The number of hydrogen-bond donors (Lipinski definition) is 0. The number of likely N-dealkylation sites (tertiary alicyclic amines) is 1. The SMILES string of the molecule is Cc1cc(OC2CN(C(=O)C3CCN(S(C)(=O)=O)CC3)C2)cc(=O)n1C. The fraction of sp³-hybridized carbons (Fsp3) is 0.647. The van der Waals surface area contributed by atoms with Crippen LogP contribution in [0.5, 0.6) is 5.75 Å². The summed E-state index contributed by atoms with van der Waals surface area (Å²) >= 11 is 0. The third-order valence-corrected chi connectivity index (χ3v) is 6.51. The molecule has 0 unspecified atom stereocenters. The van der Waals surface area contributed by atoms with Crippen LogP contribution in [-0.4, -0.2) is 66.6 Å². The summed E-state index contributed by atoms with van der Waals surface area (Å²) in [5, 5.41) is 0. The fourth-order valence-corrected chi connectivity index (χ4v) is 4.26. The number of nitrogens with zero attached hydrogens (tertiary/aromatic N) is 3. The third kappa shape index (κ3) is 3.93. The average Bonchev–Trinajstić information content (AvgIpc) is 2.54. The van der Waals surface area contributed by atoms with Crippen LogP contribution in [0.25, 0.3) is 0 Å². The van der Waals surface area contributed by atoms with E-state index in [0.29, 0.717) is 44.8 Å². The maximum atomic E-state index is 12.5. The van der Waals surface area contributed by atoms with Gasteiger partial charge in [-0.15, -0.1) is 0 Å². The number of rotatable bonds is 4. The van der Waals surface area contributed by atoms with E-state index in [0.717, 1.165) is 5.69 Å². The van der Waals surface area contributed by atoms with E-state index in [4.69, 9.17) is 4.74 Å². The van der Waals surface area contributed by atoms with Gasteiger partial charge in [0.15, 0.2) is 0 Å². The molecule has 0 radical (unpaired) electrons. The van der Waals surface area contributed by atoms with Gasteiger partial charge in [0, 0.05) is 37.8 Å². The Balaban J connectivity index is 1.49. The molecule has 1 amide bonds. The van der Waals surface area contributed by atoms with Crippen molar-refractivity contribution in [2.75, 3.05) is 32.4 Å². The number of aromatic nitrogens is 1. The van der Waals surface area contributed by atoms with Crippen LogP contribution < -0.4 is 10.3 Å². The molecule has 0 saturated carbocycles. The summed E-state index contributed by atoms with van der Waals surface area (Å²) in [6.45, 7) is 3.64. The number of aryl methyl sites for hydroxylation is 1. The van der Waals surface area contributed by atoms with E-state index in [1.807, 2.05) is 13.0 Å². The van der Waals surface area contributed by atoms with Gasteiger partial charge in [0.05, 0.1) is 19.3 Å². The minimum Gasteiger partial charge on any atom is -0.486 e. The normalized spacial score (nSPS) is 20.0. The molecule has 1 aromatic heterocycles. The van der Waals surface area contributed by atoms with Gasteiger partial charge in [0.1, 0.15) is 11.9 Å². The summed E-state index contributed by atoms with van der Waals surface area (Å²) in [5.41, 5.74) is 0.697. The molecule has 0 aliphatic carbocycles. The number of ether oxygens (including phenoxy) is 1. The first-order valence-corrected chi connectivity index (χ1v) is 10.6. The number of hydrogen-bond acceptors (Lipinski definition) is 5. The molecule has 9 heteroatoms. The lowest BCUT2D eigenvalue weighted by atomic mass is 9.95. The summed E-state index contributed by atoms with van der Waals surface area (Å²) in [6.07, 6.45) is 2.20. The van der Waals surface area contributed by atoms with Crippen molar-refractivity contribution in [1.29, 1.82) is 0 Å². The molecule has 3 rings (SSSR count). The van der Waals surface area contributed by atoms with Crippen molar-refractivity contribution in [2.24, 2.45) is 13.0 Å². The maximum absolute atomic E-state index is 12.5. The Labute approximate surface area is 153 Å². The van der Waals surface area contributed by atoms with E-state index in [1.54, 1.807) is 16.5 Å². The van der Waals surface area contributed by atoms with Gasteiger partial charge < -0.3 is 14.2 Å². The topological polar surface area (TPSA) is 88.9 Å². The van der Waals surface area contributed by atoms with Gasteiger partial charge in [-0.05, 0) is 25.8 Å². The third-order valence-electron chi connectivity index (χ3n) is 5.21. The fourth-order valence-electron chi connectivity index (χ4n) is 3.38. The summed E-state index contributed by atoms with van der Waals surface area (Å²) in [6, 6.07) is 3.27. The predicted octanol–water partition coefficient (Wildman–Crippen LogP) is -0.0451. The summed E-state index contributed by atoms with van der Waals surface area (Å²) < 4.78 is 31.9. The van der Waals surface area contributed by atoms with Crippen LogP contribution in [0.2, 0.25) is 0 Å². The lowest BCUT2D eigenvalue weighted by molar-refractivity contribution is -0.145. The van der Waals surface area contributed by atoms with E-state index < -0.39 is 10.0 Å². The second kappa shape index (κ2) is 7.03. The Morgan fingerprint density at radius 2 is 1.81 bits per heavy atom. The highest BCUT2D eigenvalue weighted by molar-refractivity contribution is 7.88. The minimum atomic E-state index is -3.18. The molecule has 0 spiro atoms. The molecule has 1 aromatic rings. The Bertz CT molecular complexity index is 850. The number of amides is 1. The lowest BCUT2D eigenvalue weighted by Crippen LogP contribution is -2.58. The van der Waals surface area contributed by atoms with E-state index in [9.17, 15) is 18.0 Å². The molecular formula is C17H25N3O5S. The minimum absolute atomic E-state index is 0.0677. The first kappa shape index (κ1) is 18.9. The van der Waals surface area contributed by atoms with E-state index in [1.165, 1.54) is 16.6 Å². The zero-order valence-corrected chi connectivity index (χ0v) is 16.2. The van der Waals surface area contributed by atoms with Crippen molar-refractivity contribution in [3.05, 3.63) is 28.2 Å². The van der Waals surface area contributed by atoms with Crippen LogP contribution in [0.3, 0.4) is 0 Å². The molecule has 0 aromatic carbocycles. The Morgan fingerprint density at radius 1 is 1.19 bits per heavy atom. The zero-order chi connectivity index (χ0) is 19.1. The first-order valence-electron chi connectivity index (χ1n) is 8.73. The summed E-state index contributed by atoms with van der Waals surface area (Å²) in [7, 11) is -1.47. The molecule has 2 saturated heterocycles. The van der Waals surface area contributed by atoms with Crippen LogP contribution in [0.4, 0.5) is 0 Å². The highest BCUT2D eigenvalue weighted by atomic mass is 32.2. The second-order valence-electron chi connectivity index (χ2n) is 7.15. The maximum Gasteiger partial charge on any atom is 0.254 e. The molecular weight excluding hydrogens is 358 g/mol. The van der Waals surface area contributed by atoms with Gasteiger partial charge in [0.2, 0.25) is 15.9 Å². The van der Waals surface area contributed by atoms with Crippen LogP contribution in [-0.2, 0) is 21.9 Å². The summed E-state index contributed by atoms with van der Waals surface area (Å²) in [5.74, 6) is 0.475. The standard InChI is InChI=1S/C17H25N3O5S/c1-12-8-14(9-16(21)18(12)2)25-15-10-19(11-15)17(22)13-4-6-20(7-5-13)26(3,23)24/h8-9,13,15H,4-7,10-11H2,1-3H3. The van der Waals surface area contributed by atoms with Crippen molar-refractivity contribution >= 4 is 15.9 Å². The highest BCUT2D eigenvalue weighted by Gasteiger charge is 2.37. The Kier molecular flexibility index (Phi) is 5.12. The van der Waals surface area contributed by atoms with Crippen molar-refractivity contribution in [3.8, 4) is 5.75 Å². The number of sulfonamides is 1. The molecule has 0 N–H and O–H groups in total. The number of carbonyl (C=O) groups excluding carboxylic acids is 1. The van der Waals surface area contributed by atoms with E-state index in [2.05, 4.69) is 0 Å². The Morgan fingerprint density at radius 3 is 2.35 bits per heavy atom. The summed E-state index contributed by atoms with van der Waals surface area (Å²) in [4.78, 5) is 26.1.